The summed E-state index contributed by atoms with van der Waals surface area (Å²) in [6, 6.07) is 5.55. The molecule has 0 spiro atoms. The summed E-state index contributed by atoms with van der Waals surface area (Å²) in [7, 11) is 1.17. The highest BCUT2D eigenvalue weighted by molar-refractivity contribution is 7.99. The summed E-state index contributed by atoms with van der Waals surface area (Å²) in [4.78, 5) is 123. The second-order valence-electron chi connectivity index (χ2n) is 16.5. The maximum absolute atomic E-state index is 13.1. The first kappa shape index (κ1) is 57.8. The Kier molecular flexibility index (Phi) is 25.4. The minimum atomic E-state index is -1.62. The molecule has 0 radical (unpaired) electrons. The molecule has 0 bridgehead atoms. The van der Waals surface area contributed by atoms with Crippen LogP contribution in [0.4, 0.5) is 0 Å². The molecule has 3 unspecified atom stereocenters. The first-order valence-corrected chi connectivity index (χ1v) is 23.0. The Morgan fingerprint density at radius 1 is 0.692 bits per heavy atom. The van der Waals surface area contributed by atoms with Crippen LogP contribution in [0, 0.1) is 22.2 Å². The van der Waals surface area contributed by atoms with Crippen LogP contribution < -0.4 is 0 Å². The lowest BCUT2D eigenvalue weighted by atomic mass is 9.66. The quantitative estimate of drug-likeness (QED) is 0.0287. The molecule has 0 heterocycles. The number of carboxylic acid groups (broad SMARTS) is 2. The molecule has 1 aromatic rings. The molecule has 18 nitrogen and oxygen atoms in total. The highest BCUT2D eigenvalue weighted by Gasteiger charge is 2.49. The van der Waals surface area contributed by atoms with Crippen LogP contribution in [0.25, 0.3) is 0 Å². The topological polar surface area (TPSA) is 267 Å². The molecule has 20 heteroatoms. The van der Waals surface area contributed by atoms with Crippen molar-refractivity contribution in [2.45, 2.75) is 86.5 Å². The van der Waals surface area contributed by atoms with Crippen molar-refractivity contribution < 1.29 is 86.6 Å². The molecule has 0 aliphatic rings. The number of carbonyl (C=O) groups excluding carboxylic acids is 8. The molecular formula is C45H62O18S2. The molecule has 2 N–H and O–H groups in total. The minimum absolute atomic E-state index is 0.00174. The molecule has 0 aromatic heterocycles. The van der Waals surface area contributed by atoms with Crippen molar-refractivity contribution in [1.29, 1.82) is 0 Å². The number of hydrogen-bond acceptors (Lipinski definition) is 18. The van der Waals surface area contributed by atoms with Gasteiger partial charge in [-0.25, -0.2) is 14.4 Å². The van der Waals surface area contributed by atoms with Crippen LogP contribution in [0.1, 0.15) is 107 Å². The Hall–Kier alpha value is -5.24. The second-order valence-corrected chi connectivity index (χ2v) is 18.7. The van der Waals surface area contributed by atoms with Crippen molar-refractivity contribution in [1.82, 2.24) is 0 Å². The molecular weight excluding hydrogens is 893 g/mol. The number of aromatic carboxylic acids is 1. The average molecular weight is 955 g/mol. The van der Waals surface area contributed by atoms with Gasteiger partial charge >= 0.3 is 47.8 Å². The average Bonchev–Trinajstić information content (AvgIpc) is 3.24. The highest BCUT2D eigenvalue weighted by Crippen LogP contribution is 2.45. The van der Waals surface area contributed by atoms with Gasteiger partial charge < -0.3 is 38.6 Å². The van der Waals surface area contributed by atoms with Gasteiger partial charge in [0.2, 0.25) is 0 Å². The van der Waals surface area contributed by atoms with Gasteiger partial charge in [-0.3, -0.25) is 33.6 Å². The second kappa shape index (κ2) is 28.6. The van der Waals surface area contributed by atoms with E-state index in [0.717, 1.165) is 0 Å². The van der Waals surface area contributed by atoms with E-state index < -0.39 is 69.9 Å². The molecule has 0 saturated heterocycles. The van der Waals surface area contributed by atoms with Gasteiger partial charge in [0.05, 0.1) is 53.4 Å². The molecule has 65 heavy (non-hydrogen) atoms. The Balaban J connectivity index is 2.51. The standard InChI is InChI=1S/C45H62O18S2/c1-29(2)37(51)60-17-11-14-35(48)59-18-21-63-41(56)43(4,5)26-44(6,40(54)55)27-45(7,42(57)58-8)28-65-23-16-32(47)24-31(46)15-22-64-25-30(3)38(52)61-19-20-62-39(53)34-13-10-9-12-33(34)36(49)50/h9-10,12-13,30H,1,11,14-28H2,2-8H3,(H,49,50)(H,54,55). The lowest BCUT2D eigenvalue weighted by Crippen LogP contribution is -2.44. The van der Waals surface area contributed by atoms with Crippen molar-refractivity contribution in [2.75, 3.05) is 63.2 Å². The highest BCUT2D eigenvalue weighted by atomic mass is 32.2. The van der Waals surface area contributed by atoms with Crippen LogP contribution >= 0.6 is 23.5 Å². The zero-order valence-corrected chi connectivity index (χ0v) is 39.8. The molecule has 362 valence electrons. The van der Waals surface area contributed by atoms with Crippen LogP contribution in [0.2, 0.25) is 0 Å². The number of carbonyl (C=O) groups is 10. The number of rotatable bonds is 33. The third kappa shape index (κ3) is 21.5. The summed E-state index contributed by atoms with van der Waals surface area (Å²) < 4.78 is 30.5. The van der Waals surface area contributed by atoms with E-state index in [4.69, 9.17) is 28.4 Å². The van der Waals surface area contributed by atoms with Crippen LogP contribution in [0.15, 0.2) is 36.4 Å². The van der Waals surface area contributed by atoms with Crippen molar-refractivity contribution in [3.05, 3.63) is 47.5 Å². The normalized spacial score (nSPS) is 13.4. The fraction of sp³-hybridized carbons (Fsp3) is 0.600. The molecule has 0 aliphatic carbocycles. The van der Waals surface area contributed by atoms with E-state index in [0.29, 0.717) is 11.5 Å². The number of carboxylic acids is 2. The van der Waals surface area contributed by atoms with Gasteiger partial charge in [-0.2, -0.15) is 23.5 Å². The van der Waals surface area contributed by atoms with E-state index in [2.05, 4.69) is 6.58 Å². The first-order valence-electron chi connectivity index (χ1n) is 20.7. The molecule has 0 amide bonds. The summed E-state index contributed by atoms with van der Waals surface area (Å²) in [5, 5.41) is 19.6. The van der Waals surface area contributed by atoms with E-state index in [1.165, 1.54) is 82.6 Å². The monoisotopic (exact) mass is 954 g/mol. The number of esters is 6. The van der Waals surface area contributed by atoms with E-state index in [-0.39, 0.29) is 118 Å². The number of aliphatic carboxylic acids is 1. The molecule has 3 atom stereocenters. The third-order valence-corrected chi connectivity index (χ3v) is 12.2. The fourth-order valence-corrected chi connectivity index (χ4v) is 8.57. The van der Waals surface area contributed by atoms with E-state index in [9.17, 15) is 58.2 Å². The summed E-state index contributed by atoms with van der Waals surface area (Å²) in [6.07, 6.45) is -0.484. The van der Waals surface area contributed by atoms with E-state index >= 15 is 0 Å². The smallest absolute Gasteiger partial charge is 0.339 e. The summed E-state index contributed by atoms with van der Waals surface area (Å²) in [6.45, 7) is 11.5. The summed E-state index contributed by atoms with van der Waals surface area (Å²) >= 11 is 2.54. The molecule has 0 saturated carbocycles. The van der Waals surface area contributed by atoms with Gasteiger partial charge in [0.25, 0.3) is 0 Å². The van der Waals surface area contributed by atoms with Gasteiger partial charge in [-0.05, 0) is 66.0 Å². The maximum atomic E-state index is 13.1. The van der Waals surface area contributed by atoms with E-state index in [1.54, 1.807) is 13.8 Å². The Bertz CT molecular complexity index is 1880. The van der Waals surface area contributed by atoms with Crippen molar-refractivity contribution in [3.8, 4) is 0 Å². The van der Waals surface area contributed by atoms with Gasteiger partial charge in [0.1, 0.15) is 38.0 Å². The van der Waals surface area contributed by atoms with Crippen LogP contribution in [0.3, 0.4) is 0 Å². The number of hydrogen-bond donors (Lipinski definition) is 2. The molecule has 0 fully saturated rings. The number of Topliss-reactive ketones (excluding diaryl/α,β-unsaturated/α-hetero) is 2. The number of thioether (sulfide) groups is 2. The minimum Gasteiger partial charge on any atom is -0.481 e. The molecule has 1 rings (SSSR count). The van der Waals surface area contributed by atoms with Gasteiger partial charge in [-0.15, -0.1) is 0 Å². The summed E-state index contributed by atoms with van der Waals surface area (Å²) in [5.74, 6) is -6.74. The molecule has 1 aromatic carbocycles. The van der Waals surface area contributed by atoms with Crippen molar-refractivity contribution in [3.63, 3.8) is 0 Å². The summed E-state index contributed by atoms with van der Waals surface area (Å²) in [5.41, 5.74) is -4.44. The predicted molar refractivity (Wildman–Crippen MR) is 238 cm³/mol. The number of methoxy groups -OCH3 is 1. The predicted octanol–water partition coefficient (Wildman–Crippen LogP) is 5.56. The lowest BCUT2D eigenvalue weighted by Gasteiger charge is -2.38. The Labute approximate surface area is 387 Å². The number of ether oxygens (including phenoxy) is 6. The lowest BCUT2D eigenvalue weighted by molar-refractivity contribution is -0.166. The van der Waals surface area contributed by atoms with Crippen LogP contribution in [-0.2, 0) is 66.8 Å². The van der Waals surface area contributed by atoms with Gasteiger partial charge in [-0.1, -0.05) is 25.6 Å². The fourth-order valence-electron chi connectivity index (χ4n) is 6.35. The molecule has 0 aliphatic heterocycles. The Morgan fingerprint density at radius 2 is 1.26 bits per heavy atom. The number of benzene rings is 1. The van der Waals surface area contributed by atoms with Crippen molar-refractivity contribution >= 4 is 82.8 Å². The maximum Gasteiger partial charge on any atom is 0.339 e. The zero-order chi connectivity index (χ0) is 49.4. The SMILES string of the molecule is C=C(C)C(=O)OCCCC(=O)OCCOC(=O)C(C)(C)CC(C)(CC(C)(CSCCC(=O)CC(=O)CCSCC(C)C(=O)OCCOC(=O)c1ccccc1C(=O)O)C(=O)OC)C(=O)O. The van der Waals surface area contributed by atoms with Crippen molar-refractivity contribution in [2.24, 2.45) is 22.2 Å². The van der Waals surface area contributed by atoms with Gasteiger partial charge in [0.15, 0.2) is 0 Å². The first-order chi connectivity index (χ1) is 30.4. The Morgan fingerprint density at radius 3 is 1.85 bits per heavy atom. The zero-order valence-electron chi connectivity index (χ0n) is 38.2. The third-order valence-electron chi connectivity index (χ3n) is 9.62. The largest absolute Gasteiger partial charge is 0.481 e. The van der Waals surface area contributed by atoms with Gasteiger partial charge in [0, 0.05) is 47.8 Å². The van der Waals surface area contributed by atoms with Crippen LogP contribution in [-0.4, -0.2) is 133 Å². The van der Waals surface area contributed by atoms with E-state index in [1.807, 2.05) is 0 Å². The van der Waals surface area contributed by atoms with Crippen LogP contribution in [0.5, 0.6) is 0 Å². The number of ketones is 2.